The number of amides is 2. The predicted molar refractivity (Wildman–Crippen MR) is 105 cm³/mol. The van der Waals surface area contributed by atoms with Crippen LogP contribution in [-0.2, 0) is 4.79 Å². The van der Waals surface area contributed by atoms with Crippen molar-refractivity contribution in [2.75, 3.05) is 19.7 Å². The summed E-state index contributed by atoms with van der Waals surface area (Å²) in [6.07, 6.45) is 1.52. The van der Waals surface area contributed by atoms with Crippen LogP contribution >= 0.6 is 0 Å². The third-order valence-corrected chi connectivity index (χ3v) is 4.86. The minimum absolute atomic E-state index is 0.00701. The first-order valence-corrected chi connectivity index (χ1v) is 9.36. The standard InChI is InChI=1S/C22H26N2O3/c1-16-8-9-20(17(2)14-16)27-15-21(25)23-19-10-12-24(13-11-19)22(26)18-6-4-3-5-7-18/h3-9,14,19H,10-13,15H2,1-2H3,(H,23,25). The van der Waals surface area contributed by atoms with Crippen molar-refractivity contribution in [3.05, 3.63) is 65.2 Å². The average molecular weight is 366 g/mol. The molecule has 1 N–H and O–H groups in total. The summed E-state index contributed by atoms with van der Waals surface area (Å²) in [5.41, 5.74) is 2.90. The highest BCUT2D eigenvalue weighted by molar-refractivity contribution is 5.94. The van der Waals surface area contributed by atoms with Crippen LogP contribution in [0.4, 0.5) is 0 Å². The van der Waals surface area contributed by atoms with E-state index < -0.39 is 0 Å². The molecule has 3 rings (SSSR count). The molecule has 0 aliphatic carbocycles. The zero-order valence-corrected chi connectivity index (χ0v) is 15.9. The van der Waals surface area contributed by atoms with E-state index in [-0.39, 0.29) is 24.5 Å². The molecule has 2 aromatic rings. The van der Waals surface area contributed by atoms with Crippen LogP contribution in [0.2, 0.25) is 0 Å². The summed E-state index contributed by atoms with van der Waals surface area (Å²) in [7, 11) is 0. The molecule has 5 heteroatoms. The third-order valence-electron chi connectivity index (χ3n) is 4.86. The number of hydrogen-bond acceptors (Lipinski definition) is 3. The molecular weight excluding hydrogens is 340 g/mol. The quantitative estimate of drug-likeness (QED) is 0.885. The minimum atomic E-state index is -0.122. The van der Waals surface area contributed by atoms with E-state index in [1.165, 1.54) is 5.56 Å². The number of rotatable bonds is 5. The van der Waals surface area contributed by atoms with Crippen LogP contribution in [0.15, 0.2) is 48.5 Å². The smallest absolute Gasteiger partial charge is 0.258 e. The number of nitrogens with one attached hydrogen (secondary N) is 1. The Kier molecular flexibility index (Phi) is 6.12. The van der Waals surface area contributed by atoms with Gasteiger partial charge in [0.25, 0.3) is 11.8 Å². The lowest BCUT2D eigenvalue weighted by molar-refractivity contribution is -0.124. The molecule has 5 nitrogen and oxygen atoms in total. The lowest BCUT2D eigenvalue weighted by Crippen LogP contribution is -2.47. The van der Waals surface area contributed by atoms with Crippen molar-refractivity contribution in [3.8, 4) is 5.75 Å². The minimum Gasteiger partial charge on any atom is -0.484 e. The molecule has 0 spiro atoms. The van der Waals surface area contributed by atoms with Crippen molar-refractivity contribution in [3.63, 3.8) is 0 Å². The molecule has 0 saturated carbocycles. The Bertz CT molecular complexity index is 796. The Hall–Kier alpha value is -2.82. The van der Waals surface area contributed by atoms with Crippen LogP contribution in [0.5, 0.6) is 5.75 Å². The van der Waals surface area contributed by atoms with Crippen LogP contribution in [0, 0.1) is 13.8 Å². The van der Waals surface area contributed by atoms with Gasteiger partial charge in [0, 0.05) is 24.7 Å². The number of hydrogen-bond donors (Lipinski definition) is 1. The van der Waals surface area contributed by atoms with Crippen LogP contribution in [0.3, 0.4) is 0 Å². The zero-order valence-electron chi connectivity index (χ0n) is 15.9. The molecule has 0 atom stereocenters. The summed E-state index contributed by atoms with van der Waals surface area (Å²) in [6.45, 7) is 5.30. The van der Waals surface area contributed by atoms with Gasteiger partial charge in [-0.05, 0) is 50.5 Å². The predicted octanol–water partition coefficient (Wildman–Crippen LogP) is 3.10. The first-order valence-electron chi connectivity index (χ1n) is 9.36. The van der Waals surface area contributed by atoms with E-state index in [0.717, 1.165) is 24.2 Å². The van der Waals surface area contributed by atoms with Crippen molar-refractivity contribution >= 4 is 11.8 Å². The maximum atomic E-state index is 12.5. The van der Waals surface area contributed by atoms with Gasteiger partial charge in [0.05, 0.1) is 0 Å². The Morgan fingerprint density at radius 2 is 1.78 bits per heavy atom. The van der Waals surface area contributed by atoms with E-state index in [2.05, 4.69) is 5.32 Å². The number of nitrogens with zero attached hydrogens (tertiary/aromatic N) is 1. The van der Waals surface area contributed by atoms with Gasteiger partial charge in [-0.15, -0.1) is 0 Å². The monoisotopic (exact) mass is 366 g/mol. The molecule has 1 aliphatic rings. The highest BCUT2D eigenvalue weighted by Crippen LogP contribution is 2.19. The number of benzene rings is 2. The number of likely N-dealkylation sites (tertiary alicyclic amines) is 1. The molecule has 27 heavy (non-hydrogen) atoms. The molecular formula is C22H26N2O3. The molecule has 2 aromatic carbocycles. The highest BCUT2D eigenvalue weighted by atomic mass is 16.5. The first kappa shape index (κ1) is 19.0. The average Bonchev–Trinajstić information content (AvgIpc) is 2.68. The Labute approximate surface area is 160 Å². The van der Waals surface area contributed by atoms with E-state index in [1.807, 2.05) is 67.3 Å². The lowest BCUT2D eigenvalue weighted by atomic mass is 10.0. The molecule has 0 bridgehead atoms. The summed E-state index contributed by atoms with van der Waals surface area (Å²) in [5, 5.41) is 3.02. The number of aryl methyl sites for hydroxylation is 2. The number of carbonyl (C=O) groups is 2. The summed E-state index contributed by atoms with van der Waals surface area (Å²) in [4.78, 5) is 26.5. The second-order valence-electron chi connectivity index (χ2n) is 7.06. The van der Waals surface area contributed by atoms with Crippen LogP contribution < -0.4 is 10.1 Å². The molecule has 1 saturated heterocycles. The lowest BCUT2D eigenvalue weighted by Gasteiger charge is -2.32. The van der Waals surface area contributed by atoms with E-state index in [1.54, 1.807) is 0 Å². The van der Waals surface area contributed by atoms with Crippen molar-refractivity contribution in [1.29, 1.82) is 0 Å². The summed E-state index contributed by atoms with van der Waals surface area (Å²) in [6, 6.07) is 15.3. The van der Waals surface area contributed by atoms with Crippen molar-refractivity contribution in [2.24, 2.45) is 0 Å². The molecule has 1 aliphatic heterocycles. The fourth-order valence-corrected chi connectivity index (χ4v) is 3.36. The first-order chi connectivity index (χ1) is 13.0. The summed E-state index contributed by atoms with van der Waals surface area (Å²) in [5.74, 6) is 0.667. The fourth-order valence-electron chi connectivity index (χ4n) is 3.36. The second kappa shape index (κ2) is 8.71. The Balaban J connectivity index is 1.43. The molecule has 1 fully saturated rings. The summed E-state index contributed by atoms with van der Waals surface area (Å²) >= 11 is 0. The van der Waals surface area contributed by atoms with E-state index >= 15 is 0 Å². The highest BCUT2D eigenvalue weighted by Gasteiger charge is 2.24. The molecule has 1 heterocycles. The second-order valence-corrected chi connectivity index (χ2v) is 7.06. The van der Waals surface area contributed by atoms with Crippen LogP contribution in [0.25, 0.3) is 0 Å². The molecule has 142 valence electrons. The largest absolute Gasteiger partial charge is 0.484 e. The maximum Gasteiger partial charge on any atom is 0.258 e. The van der Waals surface area contributed by atoms with Crippen molar-refractivity contribution in [2.45, 2.75) is 32.7 Å². The molecule has 0 aromatic heterocycles. The molecule has 0 radical (unpaired) electrons. The van der Waals surface area contributed by atoms with Gasteiger partial charge in [0.2, 0.25) is 0 Å². The zero-order chi connectivity index (χ0) is 19.2. The van der Waals surface area contributed by atoms with Gasteiger partial charge in [-0.2, -0.15) is 0 Å². The molecule has 2 amide bonds. The van der Waals surface area contributed by atoms with Gasteiger partial charge in [0.1, 0.15) is 5.75 Å². The van der Waals surface area contributed by atoms with Gasteiger partial charge < -0.3 is 15.0 Å². The summed E-state index contributed by atoms with van der Waals surface area (Å²) < 4.78 is 5.64. The SMILES string of the molecule is Cc1ccc(OCC(=O)NC2CCN(C(=O)c3ccccc3)CC2)c(C)c1. The van der Waals surface area contributed by atoms with Crippen molar-refractivity contribution in [1.82, 2.24) is 10.2 Å². The van der Waals surface area contributed by atoms with Gasteiger partial charge in [-0.25, -0.2) is 0 Å². The number of piperidine rings is 1. The normalized spacial score (nSPS) is 14.7. The topological polar surface area (TPSA) is 58.6 Å². The van der Waals surface area contributed by atoms with E-state index in [9.17, 15) is 9.59 Å². The third kappa shape index (κ3) is 5.09. The van der Waals surface area contributed by atoms with E-state index in [4.69, 9.17) is 4.74 Å². The van der Waals surface area contributed by atoms with Gasteiger partial charge in [-0.3, -0.25) is 9.59 Å². The molecule has 0 unspecified atom stereocenters. The van der Waals surface area contributed by atoms with Gasteiger partial charge in [0.15, 0.2) is 6.61 Å². The number of ether oxygens (including phenoxy) is 1. The number of carbonyl (C=O) groups excluding carboxylic acids is 2. The van der Waals surface area contributed by atoms with Crippen LogP contribution in [-0.4, -0.2) is 42.5 Å². The van der Waals surface area contributed by atoms with Crippen LogP contribution in [0.1, 0.15) is 34.3 Å². The maximum absolute atomic E-state index is 12.5. The van der Waals surface area contributed by atoms with E-state index in [0.29, 0.717) is 18.7 Å². The van der Waals surface area contributed by atoms with Gasteiger partial charge >= 0.3 is 0 Å². The fraction of sp³-hybridized carbons (Fsp3) is 0.364. The Morgan fingerprint density at radius 3 is 2.44 bits per heavy atom. The Morgan fingerprint density at radius 1 is 1.07 bits per heavy atom. The van der Waals surface area contributed by atoms with Gasteiger partial charge in [-0.1, -0.05) is 35.9 Å². The van der Waals surface area contributed by atoms with Crippen molar-refractivity contribution < 1.29 is 14.3 Å².